The normalized spacial score (nSPS) is 11.0. The van der Waals surface area contributed by atoms with Crippen LogP contribution in [0.5, 0.6) is 11.5 Å². The molecule has 0 N–H and O–H groups in total. The van der Waals surface area contributed by atoms with Crippen molar-refractivity contribution in [3.8, 4) is 11.5 Å². The summed E-state index contributed by atoms with van der Waals surface area (Å²) in [6.07, 6.45) is 13.3. The molecule has 158 valence electrons. The lowest BCUT2D eigenvalue weighted by molar-refractivity contribution is -0.137. The quantitative estimate of drug-likeness (QED) is 0.182. The number of hydrogen-bond donors (Lipinski definition) is 0. The highest BCUT2D eigenvalue weighted by Gasteiger charge is 2.10. The molecule has 0 unspecified atom stereocenters. The van der Waals surface area contributed by atoms with Gasteiger partial charge in [0.2, 0.25) is 0 Å². The number of unbranched alkanes of at least 4 members (excludes halogenated alkanes) is 6. The van der Waals surface area contributed by atoms with Gasteiger partial charge in [-0.15, -0.1) is 0 Å². The van der Waals surface area contributed by atoms with Gasteiger partial charge in [0.1, 0.15) is 0 Å². The fourth-order valence-electron chi connectivity index (χ4n) is 2.75. The number of ether oxygens (including phenoxy) is 3. The van der Waals surface area contributed by atoms with E-state index >= 15 is 0 Å². The molecule has 28 heavy (non-hydrogen) atoms. The second kappa shape index (κ2) is 16.0. The SMILES string of the molecule is CCCCCCOc1cccc(C=CC(=O)OCCC)c1OCCCCCC. The highest BCUT2D eigenvalue weighted by atomic mass is 16.5. The Bertz CT molecular complexity index is 566. The minimum Gasteiger partial charge on any atom is -0.490 e. The van der Waals surface area contributed by atoms with Crippen molar-refractivity contribution >= 4 is 12.0 Å². The standard InChI is InChI=1S/C24H38O4/c1-4-7-9-11-19-26-22-15-13-14-21(16-17-23(25)27-18-6-3)24(22)28-20-12-10-8-5-2/h13-17H,4-12,18-20H2,1-3H3. The van der Waals surface area contributed by atoms with Gasteiger partial charge in [0.15, 0.2) is 11.5 Å². The van der Waals surface area contributed by atoms with E-state index in [0.717, 1.165) is 37.0 Å². The van der Waals surface area contributed by atoms with Crippen molar-refractivity contribution in [2.24, 2.45) is 0 Å². The zero-order valence-corrected chi connectivity index (χ0v) is 18.0. The van der Waals surface area contributed by atoms with Crippen molar-refractivity contribution in [3.05, 3.63) is 29.8 Å². The van der Waals surface area contributed by atoms with Crippen LogP contribution in [0.2, 0.25) is 0 Å². The Kier molecular flexibility index (Phi) is 13.8. The lowest BCUT2D eigenvalue weighted by Crippen LogP contribution is -2.04. The molecule has 1 aromatic rings. The Morgan fingerprint density at radius 1 is 0.821 bits per heavy atom. The summed E-state index contributed by atoms with van der Waals surface area (Å²) in [5.74, 6) is 1.13. The molecule has 1 rings (SSSR count). The maximum atomic E-state index is 11.8. The summed E-state index contributed by atoms with van der Waals surface area (Å²) >= 11 is 0. The summed E-state index contributed by atoms with van der Waals surface area (Å²) in [5, 5.41) is 0. The molecule has 0 saturated carbocycles. The summed E-state index contributed by atoms with van der Waals surface area (Å²) in [6.45, 7) is 8.14. The first-order valence-electron chi connectivity index (χ1n) is 11.0. The minimum atomic E-state index is -0.332. The van der Waals surface area contributed by atoms with Gasteiger partial charge in [-0.25, -0.2) is 4.79 Å². The predicted octanol–water partition coefficient (Wildman–Crippen LogP) is 6.57. The van der Waals surface area contributed by atoms with E-state index in [1.54, 1.807) is 6.08 Å². The van der Waals surface area contributed by atoms with Gasteiger partial charge in [-0.1, -0.05) is 71.4 Å². The first-order valence-corrected chi connectivity index (χ1v) is 11.0. The summed E-state index contributed by atoms with van der Waals surface area (Å²) in [5.41, 5.74) is 0.843. The molecule has 0 atom stereocenters. The summed E-state index contributed by atoms with van der Waals surface area (Å²) in [4.78, 5) is 11.8. The molecule has 0 radical (unpaired) electrons. The molecule has 0 aliphatic carbocycles. The second-order valence-corrected chi connectivity index (χ2v) is 6.99. The van der Waals surface area contributed by atoms with Gasteiger partial charge in [0, 0.05) is 11.6 Å². The van der Waals surface area contributed by atoms with Crippen molar-refractivity contribution in [3.63, 3.8) is 0 Å². The lowest BCUT2D eigenvalue weighted by atomic mass is 10.1. The third kappa shape index (κ3) is 10.4. The second-order valence-electron chi connectivity index (χ2n) is 6.99. The lowest BCUT2D eigenvalue weighted by Gasteiger charge is -2.15. The topological polar surface area (TPSA) is 44.8 Å². The van der Waals surface area contributed by atoms with Crippen LogP contribution in [0.4, 0.5) is 0 Å². The van der Waals surface area contributed by atoms with Gasteiger partial charge in [0.25, 0.3) is 0 Å². The first kappa shape index (κ1) is 24.1. The van der Waals surface area contributed by atoms with Gasteiger partial charge in [-0.3, -0.25) is 0 Å². The molecule has 0 fully saturated rings. The molecular weight excluding hydrogens is 352 g/mol. The maximum Gasteiger partial charge on any atom is 0.330 e. The van der Waals surface area contributed by atoms with Gasteiger partial charge >= 0.3 is 5.97 Å². The van der Waals surface area contributed by atoms with Crippen LogP contribution in [-0.2, 0) is 9.53 Å². The molecule has 0 aliphatic rings. The van der Waals surface area contributed by atoms with Crippen LogP contribution < -0.4 is 9.47 Å². The van der Waals surface area contributed by atoms with Crippen LogP contribution in [0, 0.1) is 0 Å². The molecule has 0 aromatic heterocycles. The maximum absolute atomic E-state index is 11.8. The number of esters is 1. The van der Waals surface area contributed by atoms with E-state index in [2.05, 4.69) is 13.8 Å². The van der Waals surface area contributed by atoms with Crippen molar-refractivity contribution in [1.29, 1.82) is 0 Å². The minimum absolute atomic E-state index is 0.332. The fourth-order valence-corrected chi connectivity index (χ4v) is 2.75. The van der Waals surface area contributed by atoms with Crippen LogP contribution in [0.1, 0.15) is 84.1 Å². The van der Waals surface area contributed by atoms with Crippen LogP contribution in [0.25, 0.3) is 6.08 Å². The van der Waals surface area contributed by atoms with Gasteiger partial charge in [0.05, 0.1) is 19.8 Å². The van der Waals surface area contributed by atoms with Gasteiger partial charge < -0.3 is 14.2 Å². The Labute approximate surface area is 171 Å². The highest BCUT2D eigenvalue weighted by Crippen LogP contribution is 2.33. The van der Waals surface area contributed by atoms with Crippen LogP contribution >= 0.6 is 0 Å². The van der Waals surface area contributed by atoms with Crippen molar-refractivity contribution < 1.29 is 19.0 Å². The van der Waals surface area contributed by atoms with Crippen LogP contribution in [0.15, 0.2) is 24.3 Å². The number of hydrogen-bond acceptors (Lipinski definition) is 4. The van der Waals surface area contributed by atoms with E-state index in [1.807, 2.05) is 25.1 Å². The Hall–Kier alpha value is -1.97. The van der Waals surface area contributed by atoms with Crippen LogP contribution in [-0.4, -0.2) is 25.8 Å². The molecule has 0 saturated heterocycles. The largest absolute Gasteiger partial charge is 0.490 e. The van der Waals surface area contributed by atoms with Crippen molar-refractivity contribution in [1.82, 2.24) is 0 Å². The molecule has 0 bridgehead atoms. The zero-order valence-electron chi connectivity index (χ0n) is 18.0. The van der Waals surface area contributed by atoms with Gasteiger partial charge in [-0.05, 0) is 31.4 Å². The van der Waals surface area contributed by atoms with E-state index in [9.17, 15) is 4.79 Å². The number of benzene rings is 1. The summed E-state index contributed by atoms with van der Waals surface area (Å²) in [6, 6.07) is 5.81. The average molecular weight is 391 g/mol. The molecular formula is C24H38O4. The molecule has 0 heterocycles. The number of carbonyl (C=O) groups excluding carboxylic acids is 1. The number of para-hydroxylation sites is 1. The molecule has 4 heteroatoms. The van der Waals surface area contributed by atoms with Crippen molar-refractivity contribution in [2.45, 2.75) is 78.6 Å². The monoisotopic (exact) mass is 390 g/mol. The van der Waals surface area contributed by atoms with E-state index in [4.69, 9.17) is 14.2 Å². The Morgan fingerprint density at radius 3 is 2.14 bits per heavy atom. The summed E-state index contributed by atoms with van der Waals surface area (Å²) in [7, 11) is 0. The first-order chi connectivity index (χ1) is 13.7. The molecule has 4 nitrogen and oxygen atoms in total. The van der Waals surface area contributed by atoms with E-state index in [-0.39, 0.29) is 5.97 Å². The predicted molar refractivity (Wildman–Crippen MR) is 116 cm³/mol. The molecule has 1 aromatic carbocycles. The Balaban J connectivity index is 2.78. The fraction of sp³-hybridized carbons (Fsp3) is 0.625. The molecule has 0 aliphatic heterocycles. The van der Waals surface area contributed by atoms with Crippen LogP contribution in [0.3, 0.4) is 0 Å². The number of rotatable bonds is 16. The average Bonchev–Trinajstić information content (AvgIpc) is 2.71. The Morgan fingerprint density at radius 2 is 1.50 bits per heavy atom. The third-order valence-corrected chi connectivity index (χ3v) is 4.36. The third-order valence-electron chi connectivity index (χ3n) is 4.36. The number of carbonyl (C=O) groups is 1. The molecule has 0 spiro atoms. The van der Waals surface area contributed by atoms with E-state index in [0.29, 0.717) is 25.6 Å². The summed E-state index contributed by atoms with van der Waals surface area (Å²) < 4.78 is 17.2. The van der Waals surface area contributed by atoms with Crippen molar-refractivity contribution in [2.75, 3.05) is 19.8 Å². The van der Waals surface area contributed by atoms with E-state index < -0.39 is 0 Å². The molecule has 0 amide bonds. The van der Waals surface area contributed by atoms with E-state index in [1.165, 1.54) is 38.2 Å². The highest BCUT2D eigenvalue weighted by molar-refractivity contribution is 5.87. The zero-order chi connectivity index (χ0) is 20.5. The van der Waals surface area contributed by atoms with Gasteiger partial charge in [-0.2, -0.15) is 0 Å². The smallest absolute Gasteiger partial charge is 0.330 e.